The Balaban J connectivity index is 1.72. The highest BCUT2D eigenvalue weighted by Crippen LogP contribution is 2.36. The molecular weight excluding hydrogens is 448 g/mol. The molecule has 3 heterocycles. The zero-order valence-electron chi connectivity index (χ0n) is 17.9. The van der Waals surface area contributed by atoms with Gasteiger partial charge in [-0.25, -0.2) is 19.7 Å². The van der Waals surface area contributed by atoms with Gasteiger partial charge in [-0.15, -0.1) is 0 Å². The van der Waals surface area contributed by atoms with Gasteiger partial charge in [-0.2, -0.15) is 0 Å². The van der Waals surface area contributed by atoms with E-state index >= 15 is 0 Å². The van der Waals surface area contributed by atoms with E-state index < -0.39 is 42.3 Å². The third-order valence-corrected chi connectivity index (χ3v) is 5.04. The summed E-state index contributed by atoms with van der Waals surface area (Å²) in [6.45, 7) is 1.17. The van der Waals surface area contributed by atoms with E-state index in [1.54, 1.807) is 30.3 Å². The number of hydrogen-bond acceptors (Lipinski definition) is 10. The summed E-state index contributed by atoms with van der Waals surface area (Å²) in [4.78, 5) is 51.9. The highest BCUT2D eigenvalue weighted by Gasteiger charge is 2.51. The normalized spacial score (nSPS) is 21.5. The molecule has 0 unspecified atom stereocenters. The fourth-order valence-electron chi connectivity index (χ4n) is 3.59. The number of carbonyl (C=O) groups excluding carboxylic acids is 3. The van der Waals surface area contributed by atoms with E-state index in [9.17, 15) is 14.4 Å². The third kappa shape index (κ3) is 4.22. The molecule has 0 radical (unpaired) electrons. The van der Waals surface area contributed by atoms with Crippen LogP contribution in [0, 0.1) is 0 Å². The molecule has 4 rings (SSSR count). The second-order valence-corrected chi connectivity index (χ2v) is 7.11. The molecule has 4 atom stereocenters. The van der Waals surface area contributed by atoms with E-state index in [1.807, 2.05) is 0 Å². The van der Waals surface area contributed by atoms with Crippen LogP contribution in [0.2, 0.25) is 0 Å². The van der Waals surface area contributed by atoms with Crippen molar-refractivity contribution in [2.24, 2.45) is 5.11 Å². The van der Waals surface area contributed by atoms with Gasteiger partial charge in [-0.1, -0.05) is 23.3 Å². The van der Waals surface area contributed by atoms with Crippen molar-refractivity contribution in [1.29, 1.82) is 0 Å². The maximum absolute atomic E-state index is 12.6. The second kappa shape index (κ2) is 9.52. The molecule has 1 saturated heterocycles. The molecule has 0 spiro atoms. The van der Waals surface area contributed by atoms with Crippen molar-refractivity contribution in [1.82, 2.24) is 19.5 Å². The van der Waals surface area contributed by atoms with Crippen molar-refractivity contribution in [3.63, 3.8) is 0 Å². The molecule has 14 heteroatoms. The highest BCUT2D eigenvalue weighted by molar-refractivity contribution is 6.06. The first-order chi connectivity index (χ1) is 16.4. The van der Waals surface area contributed by atoms with Crippen LogP contribution in [0.5, 0.6) is 0 Å². The first-order valence-corrected chi connectivity index (χ1v) is 9.93. The largest absolute Gasteiger partial charge is 0.467 e. The maximum atomic E-state index is 12.6. The Morgan fingerprint density at radius 1 is 1.21 bits per heavy atom. The molecule has 1 aliphatic heterocycles. The van der Waals surface area contributed by atoms with E-state index in [1.165, 1.54) is 24.1 Å². The van der Waals surface area contributed by atoms with Gasteiger partial charge in [0.1, 0.15) is 12.4 Å². The highest BCUT2D eigenvalue weighted by atomic mass is 16.6. The topological polar surface area (TPSA) is 183 Å². The van der Waals surface area contributed by atoms with Crippen LogP contribution in [0.15, 0.2) is 48.1 Å². The van der Waals surface area contributed by atoms with Crippen molar-refractivity contribution in [2.45, 2.75) is 31.4 Å². The standard InChI is InChI=1S/C20H18N8O6/c1-10(29)33-14-12(26-27-21)15(20(31)32-2)34-19(14)28-9-24-13-16(22-8-23-17(13)28)25-18(30)11-6-4-3-5-7-11/h3-9,12,14-15,19H,1-2H3,(H,22,23,25,30)/t12-,14+,15-,19+/m0/s1. The summed E-state index contributed by atoms with van der Waals surface area (Å²) in [6, 6.07) is 7.32. The summed E-state index contributed by atoms with van der Waals surface area (Å²) >= 11 is 0. The van der Waals surface area contributed by atoms with E-state index in [0.717, 1.165) is 7.11 Å². The maximum Gasteiger partial charge on any atom is 0.335 e. The molecule has 174 valence electrons. The van der Waals surface area contributed by atoms with Gasteiger partial charge in [-0.05, 0) is 17.7 Å². The molecule has 0 bridgehead atoms. The minimum absolute atomic E-state index is 0.135. The molecule has 1 fully saturated rings. The summed E-state index contributed by atoms with van der Waals surface area (Å²) in [5, 5.41) is 6.27. The lowest BCUT2D eigenvalue weighted by Crippen LogP contribution is -2.37. The monoisotopic (exact) mass is 466 g/mol. The lowest BCUT2D eigenvalue weighted by atomic mass is 10.1. The zero-order valence-corrected chi connectivity index (χ0v) is 17.9. The van der Waals surface area contributed by atoms with Gasteiger partial charge >= 0.3 is 11.9 Å². The fraction of sp³-hybridized carbons (Fsp3) is 0.300. The van der Waals surface area contributed by atoms with E-state index in [0.29, 0.717) is 5.56 Å². The molecule has 34 heavy (non-hydrogen) atoms. The van der Waals surface area contributed by atoms with Gasteiger partial charge in [0, 0.05) is 17.4 Å². The van der Waals surface area contributed by atoms with Crippen LogP contribution in [0.25, 0.3) is 21.6 Å². The number of imidazole rings is 1. The van der Waals surface area contributed by atoms with Crippen LogP contribution in [-0.2, 0) is 23.8 Å². The van der Waals surface area contributed by atoms with Gasteiger partial charge in [0.2, 0.25) is 0 Å². The minimum atomic E-state index is -1.34. The predicted molar refractivity (Wildman–Crippen MR) is 114 cm³/mol. The van der Waals surface area contributed by atoms with E-state index in [4.69, 9.17) is 19.7 Å². The Morgan fingerprint density at radius 2 is 1.97 bits per heavy atom. The number of aromatic nitrogens is 4. The van der Waals surface area contributed by atoms with E-state index in [2.05, 4.69) is 30.3 Å². The number of hydrogen-bond donors (Lipinski definition) is 1. The molecule has 2 aromatic heterocycles. The van der Waals surface area contributed by atoms with Crippen LogP contribution >= 0.6 is 0 Å². The Hall–Kier alpha value is -4.55. The molecule has 1 amide bonds. The summed E-state index contributed by atoms with van der Waals surface area (Å²) in [6.07, 6.45) is -1.13. The van der Waals surface area contributed by atoms with Crippen LogP contribution in [-0.4, -0.2) is 62.7 Å². The number of azide groups is 1. The third-order valence-electron chi connectivity index (χ3n) is 5.04. The number of methoxy groups -OCH3 is 1. The van der Waals surface area contributed by atoms with Crippen molar-refractivity contribution in [2.75, 3.05) is 12.4 Å². The van der Waals surface area contributed by atoms with Gasteiger partial charge in [0.25, 0.3) is 5.91 Å². The smallest absolute Gasteiger partial charge is 0.335 e. The average Bonchev–Trinajstić information content (AvgIpc) is 3.41. The summed E-state index contributed by atoms with van der Waals surface area (Å²) in [5.41, 5.74) is 9.84. The fourth-order valence-corrected chi connectivity index (χ4v) is 3.59. The first kappa shape index (κ1) is 22.6. The van der Waals surface area contributed by atoms with Crippen molar-refractivity contribution in [3.8, 4) is 0 Å². The van der Waals surface area contributed by atoms with Gasteiger partial charge < -0.3 is 19.5 Å². The number of esters is 2. The number of carbonyl (C=O) groups is 3. The molecule has 14 nitrogen and oxygen atoms in total. The van der Waals surface area contributed by atoms with Crippen LogP contribution in [0.1, 0.15) is 23.5 Å². The minimum Gasteiger partial charge on any atom is -0.467 e. The molecule has 1 aromatic carbocycles. The number of nitrogens with one attached hydrogen (secondary N) is 1. The Kier molecular flexibility index (Phi) is 6.34. The lowest BCUT2D eigenvalue weighted by Gasteiger charge is -2.21. The number of anilines is 1. The lowest BCUT2D eigenvalue weighted by molar-refractivity contribution is -0.157. The predicted octanol–water partition coefficient (Wildman–Crippen LogP) is 1.76. The number of benzene rings is 1. The molecule has 0 saturated carbocycles. The van der Waals surface area contributed by atoms with Gasteiger partial charge in [0.05, 0.1) is 13.4 Å². The second-order valence-electron chi connectivity index (χ2n) is 7.11. The molecule has 0 aliphatic carbocycles. The molecule has 1 aliphatic rings. The van der Waals surface area contributed by atoms with Crippen LogP contribution in [0.3, 0.4) is 0 Å². The zero-order chi connectivity index (χ0) is 24.2. The Labute approximate surface area is 191 Å². The number of amides is 1. The Morgan fingerprint density at radius 3 is 2.65 bits per heavy atom. The number of nitrogens with zero attached hydrogens (tertiary/aromatic N) is 7. The van der Waals surface area contributed by atoms with Crippen molar-refractivity contribution in [3.05, 3.63) is 59.0 Å². The molecule has 1 N–H and O–H groups in total. The van der Waals surface area contributed by atoms with Crippen molar-refractivity contribution < 1.29 is 28.6 Å². The van der Waals surface area contributed by atoms with E-state index in [-0.39, 0.29) is 17.0 Å². The average molecular weight is 466 g/mol. The summed E-state index contributed by atoms with van der Waals surface area (Å²) in [5.74, 6) is -1.76. The molecular formula is C20H18N8O6. The van der Waals surface area contributed by atoms with Crippen molar-refractivity contribution >= 4 is 34.8 Å². The van der Waals surface area contributed by atoms with Gasteiger partial charge in [0.15, 0.2) is 35.4 Å². The SMILES string of the molecule is COC(=O)[C@H]1O[C@@H](n2cnc3c(NC(=O)c4ccccc4)ncnc32)[C@H](OC(C)=O)[C@@H]1N=[N+]=[N-]. The van der Waals surface area contributed by atoms with Crippen LogP contribution in [0.4, 0.5) is 5.82 Å². The quantitative estimate of drug-likeness (QED) is 0.245. The first-order valence-electron chi connectivity index (χ1n) is 9.93. The number of ether oxygens (including phenoxy) is 3. The summed E-state index contributed by atoms with van der Waals surface area (Å²) in [7, 11) is 1.15. The van der Waals surface area contributed by atoms with Gasteiger partial charge in [-0.3, -0.25) is 14.2 Å². The summed E-state index contributed by atoms with van der Waals surface area (Å²) < 4.78 is 17.3. The Bertz CT molecular complexity index is 1290. The van der Waals surface area contributed by atoms with Crippen LogP contribution < -0.4 is 5.32 Å². The molecule has 3 aromatic rings. The number of fused-ring (bicyclic) bond motifs is 1. The number of rotatable bonds is 6.